The molecule has 2 aromatic rings. The molecule has 4 heteroatoms. The molecule has 0 saturated heterocycles. The van der Waals surface area contributed by atoms with E-state index in [0.29, 0.717) is 19.6 Å². The molecule has 4 nitrogen and oxygen atoms in total. The molecule has 1 aliphatic rings. The average molecular weight is 339 g/mol. The predicted molar refractivity (Wildman–Crippen MR) is 98.6 cm³/mol. The minimum atomic E-state index is -0.794. The Hall–Kier alpha value is -2.33. The van der Waals surface area contributed by atoms with Crippen LogP contribution in [0.4, 0.5) is 4.79 Å². The van der Waals surface area contributed by atoms with Crippen molar-refractivity contribution in [3.63, 3.8) is 0 Å². The SMILES string of the molecule is CN(CCC(C)(C)O)C(=O)OCC1c2ccccc2-c2ccccc21. The molecule has 2 aromatic carbocycles. The third kappa shape index (κ3) is 3.85. The third-order valence-electron chi connectivity index (χ3n) is 4.71. The van der Waals surface area contributed by atoms with Crippen LogP contribution in [-0.2, 0) is 4.74 Å². The number of hydrogen-bond acceptors (Lipinski definition) is 3. The second-order valence-corrected chi connectivity index (χ2v) is 7.29. The molecular weight excluding hydrogens is 314 g/mol. The van der Waals surface area contributed by atoms with E-state index < -0.39 is 5.60 Å². The Labute approximate surface area is 149 Å². The van der Waals surface area contributed by atoms with Crippen LogP contribution in [0.3, 0.4) is 0 Å². The van der Waals surface area contributed by atoms with Gasteiger partial charge in [-0.25, -0.2) is 4.79 Å². The maximum atomic E-state index is 12.3. The first-order valence-electron chi connectivity index (χ1n) is 8.65. The van der Waals surface area contributed by atoms with Gasteiger partial charge in [0.1, 0.15) is 6.61 Å². The van der Waals surface area contributed by atoms with Crippen molar-refractivity contribution < 1.29 is 14.6 Å². The first-order chi connectivity index (χ1) is 11.9. The van der Waals surface area contributed by atoms with E-state index in [1.807, 2.05) is 24.3 Å². The largest absolute Gasteiger partial charge is 0.448 e. The van der Waals surface area contributed by atoms with Crippen molar-refractivity contribution in [1.29, 1.82) is 0 Å². The fourth-order valence-corrected chi connectivity index (χ4v) is 3.24. The first-order valence-corrected chi connectivity index (χ1v) is 8.65. The molecule has 25 heavy (non-hydrogen) atoms. The van der Waals surface area contributed by atoms with Gasteiger partial charge in [-0.05, 0) is 42.5 Å². The van der Waals surface area contributed by atoms with E-state index >= 15 is 0 Å². The smallest absolute Gasteiger partial charge is 0.409 e. The van der Waals surface area contributed by atoms with E-state index in [9.17, 15) is 9.90 Å². The lowest BCUT2D eigenvalue weighted by atomic mass is 9.98. The zero-order chi connectivity index (χ0) is 18.0. The number of carbonyl (C=O) groups excluding carboxylic acids is 1. The van der Waals surface area contributed by atoms with Crippen molar-refractivity contribution in [3.8, 4) is 11.1 Å². The van der Waals surface area contributed by atoms with E-state index in [1.165, 1.54) is 27.2 Å². The van der Waals surface area contributed by atoms with Crippen molar-refractivity contribution in [2.45, 2.75) is 31.8 Å². The van der Waals surface area contributed by atoms with Crippen LogP contribution in [0, 0.1) is 0 Å². The van der Waals surface area contributed by atoms with Gasteiger partial charge in [0.25, 0.3) is 0 Å². The Kier molecular flexibility index (Phi) is 4.82. The van der Waals surface area contributed by atoms with Gasteiger partial charge in [0.05, 0.1) is 5.60 Å². The first kappa shape index (κ1) is 17.5. The maximum absolute atomic E-state index is 12.3. The second kappa shape index (κ2) is 6.89. The second-order valence-electron chi connectivity index (χ2n) is 7.29. The van der Waals surface area contributed by atoms with E-state index in [0.717, 1.165) is 0 Å². The van der Waals surface area contributed by atoms with Gasteiger partial charge < -0.3 is 14.7 Å². The number of hydrogen-bond donors (Lipinski definition) is 1. The molecule has 0 aliphatic heterocycles. The van der Waals surface area contributed by atoms with E-state index in [2.05, 4.69) is 24.3 Å². The number of rotatable bonds is 5. The maximum Gasteiger partial charge on any atom is 0.409 e. The summed E-state index contributed by atoms with van der Waals surface area (Å²) >= 11 is 0. The van der Waals surface area contributed by atoms with E-state index in [1.54, 1.807) is 20.9 Å². The number of ether oxygens (including phenoxy) is 1. The van der Waals surface area contributed by atoms with Crippen LogP contribution in [0.1, 0.15) is 37.3 Å². The van der Waals surface area contributed by atoms with Gasteiger partial charge >= 0.3 is 6.09 Å². The van der Waals surface area contributed by atoms with Crippen LogP contribution >= 0.6 is 0 Å². The number of nitrogens with zero attached hydrogens (tertiary/aromatic N) is 1. The van der Waals surface area contributed by atoms with Gasteiger partial charge in [-0.15, -0.1) is 0 Å². The zero-order valence-electron chi connectivity index (χ0n) is 15.0. The lowest BCUT2D eigenvalue weighted by molar-refractivity contribution is 0.0555. The Balaban J connectivity index is 1.68. The van der Waals surface area contributed by atoms with Crippen molar-refractivity contribution in [2.24, 2.45) is 0 Å². The number of aliphatic hydroxyl groups is 1. The van der Waals surface area contributed by atoms with Gasteiger partial charge in [0, 0.05) is 19.5 Å². The summed E-state index contributed by atoms with van der Waals surface area (Å²) in [7, 11) is 1.70. The summed E-state index contributed by atoms with van der Waals surface area (Å²) in [4.78, 5) is 13.8. The standard InChI is InChI=1S/C21H25NO3/c1-21(2,24)12-13-22(3)20(23)25-14-19-17-10-6-4-8-15(17)16-9-5-7-11-18(16)19/h4-11,19,24H,12-14H2,1-3H3. The van der Waals surface area contributed by atoms with Crippen molar-refractivity contribution in [2.75, 3.05) is 20.2 Å². The summed E-state index contributed by atoms with van der Waals surface area (Å²) in [6, 6.07) is 16.6. The highest BCUT2D eigenvalue weighted by molar-refractivity contribution is 5.79. The molecule has 132 valence electrons. The van der Waals surface area contributed by atoms with Crippen LogP contribution in [0.5, 0.6) is 0 Å². The third-order valence-corrected chi connectivity index (χ3v) is 4.71. The molecule has 0 atom stereocenters. The Bertz CT molecular complexity index is 718. The van der Waals surface area contributed by atoms with Crippen LogP contribution in [0.25, 0.3) is 11.1 Å². The van der Waals surface area contributed by atoms with Crippen LogP contribution in [-0.4, -0.2) is 41.9 Å². The molecule has 1 N–H and O–H groups in total. The monoisotopic (exact) mass is 339 g/mol. The van der Waals surface area contributed by atoms with Crippen LogP contribution in [0.2, 0.25) is 0 Å². The summed E-state index contributed by atoms with van der Waals surface area (Å²) in [5.74, 6) is 0.0685. The van der Waals surface area contributed by atoms with Crippen molar-refractivity contribution in [1.82, 2.24) is 4.90 Å². The minimum Gasteiger partial charge on any atom is -0.448 e. The Morgan fingerprint density at radius 3 is 2.12 bits per heavy atom. The molecule has 3 rings (SSSR count). The fourth-order valence-electron chi connectivity index (χ4n) is 3.24. The van der Waals surface area contributed by atoms with Gasteiger partial charge in [-0.1, -0.05) is 48.5 Å². The molecule has 0 saturated carbocycles. The van der Waals surface area contributed by atoms with E-state index in [-0.39, 0.29) is 12.0 Å². The summed E-state index contributed by atoms with van der Waals surface area (Å²) in [6.45, 7) is 4.25. The van der Waals surface area contributed by atoms with Crippen molar-refractivity contribution >= 4 is 6.09 Å². The molecule has 1 aliphatic carbocycles. The molecule has 0 bridgehead atoms. The lowest BCUT2D eigenvalue weighted by Gasteiger charge is -2.23. The highest BCUT2D eigenvalue weighted by Gasteiger charge is 2.29. The molecule has 0 unspecified atom stereocenters. The van der Waals surface area contributed by atoms with Crippen LogP contribution < -0.4 is 0 Å². The van der Waals surface area contributed by atoms with Crippen molar-refractivity contribution in [3.05, 3.63) is 59.7 Å². The van der Waals surface area contributed by atoms with Gasteiger partial charge in [0.15, 0.2) is 0 Å². The normalized spacial score (nSPS) is 13.3. The lowest BCUT2D eigenvalue weighted by Crippen LogP contribution is -2.33. The highest BCUT2D eigenvalue weighted by atomic mass is 16.6. The summed E-state index contributed by atoms with van der Waals surface area (Å²) in [6.07, 6.45) is 0.152. The zero-order valence-corrected chi connectivity index (χ0v) is 15.0. The van der Waals surface area contributed by atoms with Gasteiger partial charge in [-0.3, -0.25) is 0 Å². The number of fused-ring (bicyclic) bond motifs is 3. The fraction of sp³-hybridized carbons (Fsp3) is 0.381. The summed E-state index contributed by atoms with van der Waals surface area (Å²) < 4.78 is 5.57. The Morgan fingerprint density at radius 2 is 1.60 bits per heavy atom. The minimum absolute atomic E-state index is 0.0685. The molecule has 0 spiro atoms. The average Bonchev–Trinajstić information content (AvgIpc) is 2.91. The molecule has 0 aromatic heterocycles. The predicted octanol–water partition coefficient (Wildman–Crippen LogP) is 4.03. The van der Waals surface area contributed by atoms with Gasteiger partial charge in [0.2, 0.25) is 0 Å². The Morgan fingerprint density at radius 1 is 1.08 bits per heavy atom. The molecular formula is C21H25NO3. The molecule has 0 heterocycles. The molecule has 1 amide bonds. The number of carbonyl (C=O) groups is 1. The molecule has 0 radical (unpaired) electrons. The molecule has 0 fully saturated rings. The van der Waals surface area contributed by atoms with Gasteiger partial charge in [-0.2, -0.15) is 0 Å². The topological polar surface area (TPSA) is 49.8 Å². The van der Waals surface area contributed by atoms with E-state index in [4.69, 9.17) is 4.74 Å². The summed E-state index contributed by atoms with van der Waals surface area (Å²) in [5.41, 5.74) is 4.05. The quantitative estimate of drug-likeness (QED) is 0.895. The highest BCUT2D eigenvalue weighted by Crippen LogP contribution is 2.44. The summed E-state index contributed by atoms with van der Waals surface area (Å²) in [5, 5.41) is 9.79. The number of amides is 1. The number of benzene rings is 2. The van der Waals surface area contributed by atoms with Crippen LogP contribution in [0.15, 0.2) is 48.5 Å².